The number of aryl methyl sites for hydroxylation is 1. The zero-order valence-corrected chi connectivity index (χ0v) is 13.2. The fourth-order valence-corrected chi connectivity index (χ4v) is 4.33. The van der Waals surface area contributed by atoms with Crippen molar-refractivity contribution in [2.24, 2.45) is 18.9 Å². The highest BCUT2D eigenvalue weighted by molar-refractivity contribution is 5.62. The Bertz CT molecular complexity index is 851. The minimum atomic E-state index is 0.544. The first-order valence-corrected chi connectivity index (χ1v) is 8.32. The van der Waals surface area contributed by atoms with Gasteiger partial charge in [0.25, 0.3) is 0 Å². The van der Waals surface area contributed by atoms with E-state index < -0.39 is 0 Å². The lowest BCUT2D eigenvalue weighted by atomic mass is 10.00. The Balaban J connectivity index is 1.61. The van der Waals surface area contributed by atoms with Gasteiger partial charge >= 0.3 is 0 Å². The Morgan fingerprint density at radius 3 is 2.70 bits per heavy atom. The zero-order chi connectivity index (χ0) is 15.4. The highest BCUT2D eigenvalue weighted by Gasteiger charge is 2.39. The number of nitrogens with zero attached hydrogens (tertiary/aromatic N) is 5. The predicted octanol–water partition coefficient (Wildman–Crippen LogP) is 1.84. The molecular weight excluding hydrogens is 288 g/mol. The third-order valence-corrected chi connectivity index (χ3v) is 5.46. The molecule has 0 radical (unpaired) electrons. The Morgan fingerprint density at radius 1 is 1.13 bits per heavy atom. The summed E-state index contributed by atoms with van der Waals surface area (Å²) in [6.07, 6.45) is 10.2. The van der Waals surface area contributed by atoms with Crippen molar-refractivity contribution in [3.05, 3.63) is 36.5 Å². The average molecular weight is 308 g/mol. The van der Waals surface area contributed by atoms with Crippen LogP contribution in [0, 0.1) is 11.8 Å². The minimum Gasteiger partial charge on any atom is -0.316 e. The third-order valence-electron chi connectivity index (χ3n) is 5.46. The second kappa shape index (κ2) is 4.89. The molecule has 0 bridgehead atoms. The molecule has 2 fully saturated rings. The summed E-state index contributed by atoms with van der Waals surface area (Å²) in [5.41, 5.74) is 4.36. The number of rotatable bonds is 2. The first-order chi connectivity index (χ1) is 11.3. The van der Waals surface area contributed by atoms with E-state index in [0.717, 1.165) is 28.6 Å². The molecule has 1 aliphatic heterocycles. The van der Waals surface area contributed by atoms with Crippen LogP contribution in [0.5, 0.6) is 0 Å². The van der Waals surface area contributed by atoms with Crippen LogP contribution in [-0.4, -0.2) is 37.5 Å². The highest BCUT2D eigenvalue weighted by Crippen LogP contribution is 2.44. The normalized spacial score (nSPS) is 26.9. The minimum absolute atomic E-state index is 0.544. The summed E-state index contributed by atoms with van der Waals surface area (Å²) in [5, 5.41) is 12.2. The molecule has 3 aromatic heterocycles. The van der Waals surface area contributed by atoms with Gasteiger partial charge in [0.05, 0.1) is 35.5 Å². The molecule has 0 spiro atoms. The predicted molar refractivity (Wildman–Crippen MR) is 87.0 cm³/mol. The van der Waals surface area contributed by atoms with E-state index in [2.05, 4.69) is 21.6 Å². The molecule has 1 saturated carbocycles. The summed E-state index contributed by atoms with van der Waals surface area (Å²) in [6.45, 7) is 2.33. The van der Waals surface area contributed by atoms with Crippen LogP contribution in [0.3, 0.4) is 0 Å². The van der Waals surface area contributed by atoms with Gasteiger partial charge in [0, 0.05) is 24.7 Å². The van der Waals surface area contributed by atoms with Gasteiger partial charge in [-0.1, -0.05) is 0 Å². The molecule has 23 heavy (non-hydrogen) atoms. The standard InChI is InChI=1S/C17H20N6/c1-22-9-14(8-20-22)15-10-23-16(2-3-19-23)17(21-15)11-4-12-6-18-7-13(12)5-11/h2-3,8-13,18H,4-7H2,1H3. The fraction of sp³-hybridized carbons (Fsp3) is 0.471. The molecule has 2 atom stereocenters. The lowest BCUT2D eigenvalue weighted by molar-refractivity contribution is 0.494. The van der Waals surface area contributed by atoms with Crippen molar-refractivity contribution in [3.8, 4) is 11.3 Å². The summed E-state index contributed by atoms with van der Waals surface area (Å²) in [6, 6.07) is 2.09. The Morgan fingerprint density at radius 2 is 1.96 bits per heavy atom. The van der Waals surface area contributed by atoms with Crippen molar-refractivity contribution in [3.63, 3.8) is 0 Å². The van der Waals surface area contributed by atoms with E-state index in [1.54, 1.807) is 0 Å². The van der Waals surface area contributed by atoms with Gasteiger partial charge in [-0.25, -0.2) is 9.50 Å². The number of aromatic nitrogens is 5. The molecule has 1 aliphatic carbocycles. The van der Waals surface area contributed by atoms with E-state index in [1.165, 1.54) is 31.6 Å². The Kier molecular flexibility index (Phi) is 2.82. The first-order valence-electron chi connectivity index (χ1n) is 8.32. The smallest absolute Gasteiger partial charge is 0.0921 e. The third kappa shape index (κ3) is 2.09. The lowest BCUT2D eigenvalue weighted by Gasteiger charge is -2.14. The van der Waals surface area contributed by atoms with Crippen molar-refractivity contribution in [2.45, 2.75) is 18.8 Å². The molecule has 0 aromatic carbocycles. The topological polar surface area (TPSA) is 60.0 Å². The molecule has 6 heteroatoms. The van der Waals surface area contributed by atoms with Crippen LogP contribution in [0.4, 0.5) is 0 Å². The van der Waals surface area contributed by atoms with Gasteiger partial charge in [-0.05, 0) is 43.8 Å². The van der Waals surface area contributed by atoms with Crippen molar-refractivity contribution in [2.75, 3.05) is 13.1 Å². The van der Waals surface area contributed by atoms with Gasteiger partial charge in [0.2, 0.25) is 0 Å². The van der Waals surface area contributed by atoms with Gasteiger partial charge in [0.15, 0.2) is 0 Å². The summed E-state index contributed by atoms with van der Waals surface area (Å²) in [7, 11) is 1.93. The first kappa shape index (κ1) is 13.2. The van der Waals surface area contributed by atoms with Crippen LogP contribution >= 0.6 is 0 Å². The van der Waals surface area contributed by atoms with Crippen LogP contribution in [0.1, 0.15) is 24.5 Å². The van der Waals surface area contributed by atoms with Crippen molar-refractivity contribution < 1.29 is 0 Å². The molecule has 118 valence electrons. The number of hydrogen-bond donors (Lipinski definition) is 1. The number of hydrogen-bond acceptors (Lipinski definition) is 4. The van der Waals surface area contributed by atoms with Crippen molar-refractivity contribution in [1.82, 2.24) is 29.7 Å². The van der Waals surface area contributed by atoms with Gasteiger partial charge in [0.1, 0.15) is 0 Å². The molecule has 2 aliphatic rings. The summed E-state index contributed by atoms with van der Waals surface area (Å²) in [4.78, 5) is 5.03. The zero-order valence-electron chi connectivity index (χ0n) is 13.2. The maximum atomic E-state index is 5.03. The SMILES string of the molecule is Cn1cc(-c2cn3nccc3c(C3CC4CNCC4C3)n2)cn1. The number of nitrogens with one attached hydrogen (secondary N) is 1. The summed E-state index contributed by atoms with van der Waals surface area (Å²) >= 11 is 0. The molecular formula is C17H20N6. The van der Waals surface area contributed by atoms with E-state index >= 15 is 0 Å². The molecule has 1 saturated heterocycles. The second-order valence-electron chi connectivity index (χ2n) is 6.92. The molecule has 5 rings (SSSR count). The van der Waals surface area contributed by atoms with Crippen molar-refractivity contribution in [1.29, 1.82) is 0 Å². The lowest BCUT2D eigenvalue weighted by Crippen LogP contribution is -2.12. The number of fused-ring (bicyclic) bond motifs is 2. The van der Waals surface area contributed by atoms with E-state index in [4.69, 9.17) is 4.98 Å². The van der Waals surface area contributed by atoms with Gasteiger partial charge < -0.3 is 5.32 Å². The van der Waals surface area contributed by atoms with Gasteiger partial charge in [-0.15, -0.1) is 0 Å². The van der Waals surface area contributed by atoms with Crippen LogP contribution in [0.25, 0.3) is 16.8 Å². The van der Waals surface area contributed by atoms with E-state index in [0.29, 0.717) is 5.92 Å². The van der Waals surface area contributed by atoms with E-state index in [9.17, 15) is 0 Å². The molecule has 2 unspecified atom stereocenters. The average Bonchev–Trinajstić information content (AvgIpc) is 3.29. The maximum absolute atomic E-state index is 5.03. The molecule has 3 aromatic rings. The molecule has 6 nitrogen and oxygen atoms in total. The van der Waals surface area contributed by atoms with Gasteiger partial charge in [-0.3, -0.25) is 4.68 Å². The largest absolute Gasteiger partial charge is 0.316 e. The Labute approximate surface area is 134 Å². The van der Waals surface area contributed by atoms with Crippen LogP contribution < -0.4 is 5.32 Å². The molecule has 4 heterocycles. The van der Waals surface area contributed by atoms with Crippen LogP contribution in [0.2, 0.25) is 0 Å². The summed E-state index contributed by atoms with van der Waals surface area (Å²) in [5.74, 6) is 2.17. The second-order valence-corrected chi connectivity index (χ2v) is 6.92. The van der Waals surface area contributed by atoms with E-state index in [1.807, 2.05) is 41.0 Å². The van der Waals surface area contributed by atoms with Crippen LogP contribution in [-0.2, 0) is 7.05 Å². The Hall–Kier alpha value is -2.21. The van der Waals surface area contributed by atoms with E-state index in [-0.39, 0.29) is 0 Å². The quantitative estimate of drug-likeness (QED) is 0.785. The highest BCUT2D eigenvalue weighted by atomic mass is 15.2. The van der Waals surface area contributed by atoms with Crippen molar-refractivity contribution >= 4 is 5.52 Å². The van der Waals surface area contributed by atoms with Gasteiger partial charge in [-0.2, -0.15) is 10.2 Å². The maximum Gasteiger partial charge on any atom is 0.0921 e. The van der Waals surface area contributed by atoms with Crippen LogP contribution in [0.15, 0.2) is 30.9 Å². The monoisotopic (exact) mass is 308 g/mol. The molecule has 0 amide bonds. The molecule has 1 N–H and O–H groups in total. The fourth-order valence-electron chi connectivity index (χ4n) is 4.33. The summed E-state index contributed by atoms with van der Waals surface area (Å²) < 4.78 is 3.78.